The van der Waals surface area contributed by atoms with E-state index < -0.39 is 0 Å². The van der Waals surface area contributed by atoms with E-state index in [-0.39, 0.29) is 12.1 Å². The first-order valence-electron chi connectivity index (χ1n) is 8.43. The summed E-state index contributed by atoms with van der Waals surface area (Å²) >= 11 is 0. The van der Waals surface area contributed by atoms with Gasteiger partial charge in [-0.25, -0.2) is 4.79 Å². The molecule has 9 nitrogen and oxygen atoms in total. The largest absolute Gasteiger partial charge is 0.450 e. The Morgan fingerprint density at radius 2 is 2.17 bits per heavy atom. The first kappa shape index (κ1) is 18.0. The Kier molecular flexibility index (Phi) is 6.83. The van der Waals surface area contributed by atoms with E-state index in [1.54, 1.807) is 18.3 Å². The van der Waals surface area contributed by atoms with Crippen molar-refractivity contribution in [3.05, 3.63) is 12.2 Å². The SMILES string of the molecule is CCOC(=O)N1CCC(NC(=NC)NCc2nncn2CC)CC1. The van der Waals surface area contributed by atoms with E-state index in [2.05, 4.69) is 32.7 Å². The van der Waals surface area contributed by atoms with Gasteiger partial charge in [0.1, 0.15) is 6.33 Å². The fraction of sp³-hybridized carbons (Fsp3) is 0.733. The average molecular weight is 337 g/mol. The summed E-state index contributed by atoms with van der Waals surface area (Å²) in [6, 6.07) is 0.283. The molecule has 1 aliphatic rings. The van der Waals surface area contributed by atoms with Crippen molar-refractivity contribution >= 4 is 12.1 Å². The van der Waals surface area contributed by atoms with Crippen LogP contribution in [0.4, 0.5) is 4.79 Å². The van der Waals surface area contributed by atoms with Crippen LogP contribution in [0.5, 0.6) is 0 Å². The highest BCUT2D eigenvalue weighted by atomic mass is 16.6. The summed E-state index contributed by atoms with van der Waals surface area (Å²) in [6.07, 6.45) is 3.23. The zero-order chi connectivity index (χ0) is 17.4. The molecule has 1 fully saturated rings. The summed E-state index contributed by atoms with van der Waals surface area (Å²) in [5, 5.41) is 14.7. The third-order valence-corrected chi connectivity index (χ3v) is 4.04. The predicted octanol–water partition coefficient (Wildman–Crippen LogP) is 0.584. The summed E-state index contributed by atoms with van der Waals surface area (Å²) < 4.78 is 7.02. The van der Waals surface area contributed by atoms with E-state index in [4.69, 9.17) is 4.74 Å². The number of amides is 1. The lowest BCUT2D eigenvalue weighted by atomic mass is 10.1. The number of ether oxygens (including phenoxy) is 1. The van der Waals surface area contributed by atoms with Crippen LogP contribution in [0.3, 0.4) is 0 Å². The van der Waals surface area contributed by atoms with Gasteiger partial charge in [-0.3, -0.25) is 4.99 Å². The monoisotopic (exact) mass is 337 g/mol. The highest BCUT2D eigenvalue weighted by Gasteiger charge is 2.24. The first-order valence-corrected chi connectivity index (χ1v) is 8.43. The van der Waals surface area contributed by atoms with Crippen molar-refractivity contribution in [2.75, 3.05) is 26.7 Å². The highest BCUT2D eigenvalue weighted by Crippen LogP contribution is 2.11. The maximum Gasteiger partial charge on any atom is 0.409 e. The van der Waals surface area contributed by atoms with Crippen molar-refractivity contribution in [1.29, 1.82) is 0 Å². The number of nitrogens with zero attached hydrogens (tertiary/aromatic N) is 5. The molecule has 0 unspecified atom stereocenters. The Morgan fingerprint density at radius 3 is 2.79 bits per heavy atom. The van der Waals surface area contributed by atoms with Crippen LogP contribution >= 0.6 is 0 Å². The Morgan fingerprint density at radius 1 is 1.42 bits per heavy atom. The minimum Gasteiger partial charge on any atom is -0.450 e. The Hall–Kier alpha value is -2.32. The molecule has 2 heterocycles. The molecule has 2 rings (SSSR count). The molecule has 134 valence electrons. The summed E-state index contributed by atoms with van der Waals surface area (Å²) in [4.78, 5) is 17.7. The van der Waals surface area contributed by atoms with Crippen molar-refractivity contribution in [3.63, 3.8) is 0 Å². The van der Waals surface area contributed by atoms with Crippen LogP contribution < -0.4 is 10.6 Å². The molecular formula is C15H27N7O2. The van der Waals surface area contributed by atoms with Gasteiger partial charge in [0, 0.05) is 32.7 Å². The molecule has 0 spiro atoms. The van der Waals surface area contributed by atoms with Gasteiger partial charge < -0.3 is 24.8 Å². The van der Waals surface area contributed by atoms with E-state index >= 15 is 0 Å². The van der Waals surface area contributed by atoms with E-state index in [9.17, 15) is 4.79 Å². The number of aliphatic imine (C=N–C) groups is 1. The second-order valence-electron chi connectivity index (χ2n) is 5.56. The normalized spacial score (nSPS) is 16.1. The van der Waals surface area contributed by atoms with E-state index in [1.807, 2.05) is 11.5 Å². The van der Waals surface area contributed by atoms with Crippen molar-refractivity contribution in [2.24, 2.45) is 4.99 Å². The van der Waals surface area contributed by atoms with Gasteiger partial charge in [-0.15, -0.1) is 10.2 Å². The number of likely N-dealkylation sites (tertiary alicyclic amines) is 1. The summed E-state index contributed by atoms with van der Waals surface area (Å²) in [7, 11) is 1.74. The van der Waals surface area contributed by atoms with Gasteiger partial charge in [0.2, 0.25) is 0 Å². The first-order chi connectivity index (χ1) is 11.7. The molecule has 1 saturated heterocycles. The molecule has 0 atom stereocenters. The Labute approximate surface area is 142 Å². The lowest BCUT2D eigenvalue weighted by Crippen LogP contribution is -2.49. The molecule has 0 aliphatic carbocycles. The van der Waals surface area contributed by atoms with Crippen molar-refractivity contribution < 1.29 is 9.53 Å². The zero-order valence-corrected chi connectivity index (χ0v) is 14.7. The second kappa shape index (κ2) is 9.09. The van der Waals surface area contributed by atoms with Crippen molar-refractivity contribution in [2.45, 2.75) is 45.8 Å². The second-order valence-corrected chi connectivity index (χ2v) is 5.56. The summed E-state index contributed by atoms with van der Waals surface area (Å²) in [5.41, 5.74) is 0. The number of carbonyl (C=O) groups is 1. The van der Waals surface area contributed by atoms with E-state index in [0.717, 1.165) is 31.2 Å². The van der Waals surface area contributed by atoms with E-state index in [1.165, 1.54) is 0 Å². The number of rotatable bonds is 5. The minimum absolute atomic E-state index is 0.225. The fourth-order valence-electron chi connectivity index (χ4n) is 2.65. The van der Waals surface area contributed by atoms with Gasteiger partial charge in [0.25, 0.3) is 0 Å². The maximum atomic E-state index is 11.7. The topological polar surface area (TPSA) is 96.7 Å². The van der Waals surface area contributed by atoms with Crippen LogP contribution in [0.2, 0.25) is 0 Å². The van der Waals surface area contributed by atoms with Gasteiger partial charge in [-0.2, -0.15) is 0 Å². The number of hydrogen-bond acceptors (Lipinski definition) is 5. The molecule has 0 bridgehead atoms. The number of carbonyl (C=O) groups excluding carboxylic acids is 1. The summed E-state index contributed by atoms with van der Waals surface area (Å²) in [6.45, 7) is 7.07. The lowest BCUT2D eigenvalue weighted by molar-refractivity contribution is 0.0963. The summed E-state index contributed by atoms with van der Waals surface area (Å²) in [5.74, 6) is 1.60. The molecule has 1 aromatic heterocycles. The standard InChI is InChI=1S/C15H27N7O2/c1-4-21-11-18-20-13(21)10-17-14(16-3)19-12-6-8-22(9-7-12)15(23)24-5-2/h11-12H,4-10H2,1-3H3,(H2,16,17,19). The molecule has 1 aromatic rings. The molecule has 9 heteroatoms. The minimum atomic E-state index is -0.225. The molecule has 24 heavy (non-hydrogen) atoms. The molecule has 2 N–H and O–H groups in total. The third kappa shape index (κ3) is 4.84. The Bertz CT molecular complexity index is 550. The lowest BCUT2D eigenvalue weighted by Gasteiger charge is -2.32. The number of nitrogens with one attached hydrogen (secondary N) is 2. The van der Waals surface area contributed by atoms with Gasteiger partial charge >= 0.3 is 6.09 Å². The van der Waals surface area contributed by atoms with Gasteiger partial charge in [0.05, 0.1) is 13.2 Å². The molecule has 1 amide bonds. The number of hydrogen-bond donors (Lipinski definition) is 2. The van der Waals surface area contributed by atoms with Gasteiger partial charge in [0.15, 0.2) is 11.8 Å². The fourth-order valence-corrected chi connectivity index (χ4v) is 2.65. The van der Waals surface area contributed by atoms with Crippen LogP contribution in [-0.4, -0.2) is 64.5 Å². The molecule has 0 radical (unpaired) electrons. The maximum absolute atomic E-state index is 11.7. The van der Waals surface area contributed by atoms with Crippen LogP contribution in [0.1, 0.15) is 32.5 Å². The number of aryl methyl sites for hydroxylation is 1. The third-order valence-electron chi connectivity index (χ3n) is 4.04. The Balaban J connectivity index is 1.77. The van der Waals surface area contributed by atoms with Crippen LogP contribution in [0.15, 0.2) is 11.3 Å². The average Bonchev–Trinajstić information content (AvgIpc) is 3.07. The molecule has 1 aliphatic heterocycles. The van der Waals surface area contributed by atoms with Gasteiger partial charge in [-0.1, -0.05) is 0 Å². The zero-order valence-electron chi connectivity index (χ0n) is 14.7. The number of piperidine rings is 1. The van der Waals surface area contributed by atoms with Crippen LogP contribution in [-0.2, 0) is 17.8 Å². The van der Waals surface area contributed by atoms with Crippen molar-refractivity contribution in [3.8, 4) is 0 Å². The highest BCUT2D eigenvalue weighted by molar-refractivity contribution is 5.79. The van der Waals surface area contributed by atoms with Crippen LogP contribution in [0, 0.1) is 0 Å². The predicted molar refractivity (Wildman–Crippen MR) is 90.6 cm³/mol. The van der Waals surface area contributed by atoms with E-state index in [0.29, 0.717) is 26.2 Å². The molecule has 0 aromatic carbocycles. The van der Waals surface area contributed by atoms with Crippen LogP contribution in [0.25, 0.3) is 0 Å². The number of guanidine groups is 1. The number of aromatic nitrogens is 3. The van der Waals surface area contributed by atoms with Gasteiger partial charge in [-0.05, 0) is 26.7 Å². The molecular weight excluding hydrogens is 310 g/mol. The quantitative estimate of drug-likeness (QED) is 0.603. The molecule has 0 saturated carbocycles. The van der Waals surface area contributed by atoms with Crippen molar-refractivity contribution in [1.82, 2.24) is 30.3 Å². The smallest absolute Gasteiger partial charge is 0.409 e.